The first-order valence-corrected chi connectivity index (χ1v) is 3.62. The maximum atomic E-state index is 11.2. The highest BCUT2D eigenvalue weighted by atomic mass is 16.6. The van der Waals surface area contributed by atoms with Gasteiger partial charge in [0.05, 0.1) is 0 Å². The number of Topliss-reactive ketones (excluding diaryl/α,β-unsaturated/α-hetero) is 1. The van der Waals surface area contributed by atoms with E-state index in [-0.39, 0.29) is 11.5 Å². The molecule has 1 rings (SSSR count). The van der Waals surface area contributed by atoms with E-state index in [0.717, 1.165) is 0 Å². The predicted molar refractivity (Wildman–Crippen MR) is 40.0 cm³/mol. The Hall–Kier alpha value is -1.32. The lowest BCUT2D eigenvalue weighted by Crippen LogP contribution is -2.15. The van der Waals surface area contributed by atoms with Crippen molar-refractivity contribution in [3.63, 3.8) is 0 Å². The van der Waals surface area contributed by atoms with Crippen LogP contribution < -0.4 is 0 Å². The molecule has 12 heavy (non-hydrogen) atoms. The number of rotatable bonds is 1. The van der Waals surface area contributed by atoms with Gasteiger partial charge in [-0.25, -0.2) is 0 Å². The van der Waals surface area contributed by atoms with Gasteiger partial charge < -0.3 is 9.47 Å². The van der Waals surface area contributed by atoms with Crippen molar-refractivity contribution in [1.29, 1.82) is 0 Å². The van der Waals surface area contributed by atoms with Crippen LogP contribution in [0.5, 0.6) is 0 Å². The molecule has 0 aromatic carbocycles. The van der Waals surface area contributed by atoms with Crippen molar-refractivity contribution in [2.45, 2.75) is 26.9 Å². The van der Waals surface area contributed by atoms with Crippen LogP contribution in [-0.2, 0) is 19.1 Å². The zero-order valence-corrected chi connectivity index (χ0v) is 7.21. The van der Waals surface area contributed by atoms with Crippen LogP contribution >= 0.6 is 0 Å². The molecule has 0 bridgehead atoms. The van der Waals surface area contributed by atoms with E-state index in [0.29, 0.717) is 5.76 Å². The summed E-state index contributed by atoms with van der Waals surface area (Å²) in [7, 11) is 0. The third-order valence-electron chi connectivity index (χ3n) is 1.51. The minimum absolute atomic E-state index is 0.0370. The Kier molecular flexibility index (Phi) is 2.17. The number of carbonyl (C=O) groups excluding carboxylic acids is 2. The quantitative estimate of drug-likeness (QED) is 0.545. The van der Waals surface area contributed by atoms with Crippen LogP contribution in [0.1, 0.15) is 20.8 Å². The number of hydrogen-bond acceptors (Lipinski definition) is 4. The normalized spacial score (nSPS) is 22.6. The summed E-state index contributed by atoms with van der Waals surface area (Å²) in [6.45, 7) is 4.46. The van der Waals surface area contributed by atoms with E-state index in [1.165, 1.54) is 6.92 Å². The Labute approximate surface area is 70.1 Å². The minimum atomic E-state index is -0.528. The van der Waals surface area contributed by atoms with Crippen molar-refractivity contribution in [1.82, 2.24) is 0 Å². The molecule has 0 aromatic heterocycles. The summed E-state index contributed by atoms with van der Waals surface area (Å²) >= 11 is 0. The van der Waals surface area contributed by atoms with E-state index in [4.69, 9.17) is 4.74 Å². The fraction of sp³-hybridized carbons (Fsp3) is 0.500. The van der Waals surface area contributed by atoms with Crippen molar-refractivity contribution in [2.75, 3.05) is 0 Å². The van der Waals surface area contributed by atoms with Crippen LogP contribution in [0.2, 0.25) is 0 Å². The SMILES string of the molecule is CC(=O)OC1=C(C)O[C@@H](C)C1=O. The molecular formula is C8H10O4. The van der Waals surface area contributed by atoms with Gasteiger partial charge in [0.1, 0.15) is 5.76 Å². The van der Waals surface area contributed by atoms with Gasteiger partial charge in [-0.1, -0.05) is 0 Å². The van der Waals surface area contributed by atoms with E-state index in [2.05, 4.69) is 4.74 Å². The molecule has 1 heterocycles. The summed E-state index contributed by atoms with van der Waals surface area (Å²) in [5.41, 5.74) is 0. The third kappa shape index (κ3) is 1.47. The molecule has 0 aromatic rings. The van der Waals surface area contributed by atoms with Gasteiger partial charge in [0, 0.05) is 6.92 Å². The number of allylic oxidation sites excluding steroid dienone is 1. The second-order valence-corrected chi connectivity index (χ2v) is 2.60. The lowest BCUT2D eigenvalue weighted by molar-refractivity contribution is -0.140. The average Bonchev–Trinajstić information content (AvgIpc) is 2.16. The Balaban J connectivity index is 2.81. The highest BCUT2D eigenvalue weighted by molar-refractivity contribution is 6.00. The molecule has 0 aliphatic carbocycles. The zero-order chi connectivity index (χ0) is 9.30. The van der Waals surface area contributed by atoms with Crippen LogP contribution in [0.3, 0.4) is 0 Å². The Morgan fingerprint density at radius 1 is 1.58 bits per heavy atom. The van der Waals surface area contributed by atoms with Crippen LogP contribution in [-0.4, -0.2) is 17.9 Å². The lowest BCUT2D eigenvalue weighted by Gasteiger charge is -1.99. The molecule has 1 atom stereocenters. The molecule has 0 N–H and O–H groups in total. The molecule has 4 nitrogen and oxygen atoms in total. The van der Waals surface area contributed by atoms with Crippen LogP contribution in [0.4, 0.5) is 0 Å². The third-order valence-corrected chi connectivity index (χ3v) is 1.51. The minimum Gasteiger partial charge on any atom is -0.483 e. The van der Waals surface area contributed by atoms with Crippen molar-refractivity contribution in [3.8, 4) is 0 Å². The predicted octanol–water partition coefficient (Wildman–Crippen LogP) is 0.769. The van der Waals surface area contributed by atoms with Crippen molar-refractivity contribution < 1.29 is 19.1 Å². The summed E-state index contributed by atoms with van der Waals surface area (Å²) < 4.78 is 9.71. The molecule has 0 fully saturated rings. The first kappa shape index (κ1) is 8.77. The van der Waals surface area contributed by atoms with E-state index in [1.54, 1.807) is 13.8 Å². The van der Waals surface area contributed by atoms with Crippen molar-refractivity contribution in [3.05, 3.63) is 11.5 Å². The van der Waals surface area contributed by atoms with Crippen molar-refractivity contribution >= 4 is 11.8 Å². The van der Waals surface area contributed by atoms with Gasteiger partial charge in [0.15, 0.2) is 6.10 Å². The number of ether oxygens (including phenoxy) is 2. The molecule has 0 radical (unpaired) electrons. The second kappa shape index (κ2) is 2.97. The fourth-order valence-electron chi connectivity index (χ4n) is 0.996. The van der Waals surface area contributed by atoms with Gasteiger partial charge in [0.2, 0.25) is 11.5 Å². The number of ketones is 1. The van der Waals surface area contributed by atoms with Gasteiger partial charge in [-0.2, -0.15) is 0 Å². The zero-order valence-electron chi connectivity index (χ0n) is 7.21. The summed E-state index contributed by atoms with van der Waals surface area (Å²) in [4.78, 5) is 21.7. The van der Waals surface area contributed by atoms with Gasteiger partial charge in [-0.15, -0.1) is 0 Å². The van der Waals surface area contributed by atoms with Crippen LogP contribution in [0, 0.1) is 0 Å². The average molecular weight is 170 g/mol. The Morgan fingerprint density at radius 2 is 2.17 bits per heavy atom. The van der Waals surface area contributed by atoms with Gasteiger partial charge in [-0.3, -0.25) is 9.59 Å². The van der Waals surface area contributed by atoms with Gasteiger partial charge >= 0.3 is 5.97 Å². The topological polar surface area (TPSA) is 52.6 Å². The summed E-state index contributed by atoms with van der Waals surface area (Å²) in [5, 5.41) is 0. The lowest BCUT2D eigenvalue weighted by atomic mass is 10.2. The highest BCUT2D eigenvalue weighted by Crippen LogP contribution is 2.21. The largest absolute Gasteiger partial charge is 0.483 e. The standard InChI is InChI=1S/C8H10O4/c1-4-7(10)8(5(2)11-4)12-6(3)9/h4H,1-3H3/t4-/m0/s1. The molecule has 0 amide bonds. The smallest absolute Gasteiger partial charge is 0.308 e. The summed E-state index contributed by atoms with van der Waals surface area (Å²) in [6, 6.07) is 0. The fourth-order valence-corrected chi connectivity index (χ4v) is 0.996. The highest BCUT2D eigenvalue weighted by Gasteiger charge is 2.32. The van der Waals surface area contributed by atoms with E-state index < -0.39 is 12.1 Å². The maximum absolute atomic E-state index is 11.2. The molecular weight excluding hydrogens is 160 g/mol. The maximum Gasteiger partial charge on any atom is 0.308 e. The van der Waals surface area contributed by atoms with Crippen LogP contribution in [0.25, 0.3) is 0 Å². The summed E-state index contributed by atoms with van der Waals surface area (Å²) in [5.74, 6) is -0.365. The van der Waals surface area contributed by atoms with E-state index >= 15 is 0 Å². The molecule has 4 heteroatoms. The summed E-state index contributed by atoms with van der Waals surface area (Å²) in [6.07, 6.45) is -0.528. The molecule has 0 unspecified atom stereocenters. The van der Waals surface area contributed by atoms with E-state index in [1.807, 2.05) is 0 Å². The molecule has 0 saturated heterocycles. The monoisotopic (exact) mass is 170 g/mol. The molecule has 1 aliphatic heterocycles. The van der Waals surface area contributed by atoms with Gasteiger partial charge in [-0.05, 0) is 13.8 Å². The molecule has 0 spiro atoms. The van der Waals surface area contributed by atoms with Crippen molar-refractivity contribution in [2.24, 2.45) is 0 Å². The van der Waals surface area contributed by atoms with Crippen LogP contribution in [0.15, 0.2) is 11.5 Å². The number of esters is 1. The number of carbonyl (C=O) groups is 2. The first-order valence-electron chi connectivity index (χ1n) is 3.62. The second-order valence-electron chi connectivity index (χ2n) is 2.60. The molecule has 1 aliphatic rings. The molecule has 66 valence electrons. The Morgan fingerprint density at radius 3 is 2.50 bits per heavy atom. The first-order chi connectivity index (χ1) is 5.52. The molecule has 0 saturated carbocycles. The Bertz CT molecular complexity index is 264. The number of hydrogen-bond donors (Lipinski definition) is 0. The van der Waals surface area contributed by atoms with Gasteiger partial charge in [0.25, 0.3) is 0 Å². The van der Waals surface area contributed by atoms with E-state index in [9.17, 15) is 9.59 Å².